The first-order chi connectivity index (χ1) is 9.87. The highest BCUT2D eigenvalue weighted by atomic mass is 35.5. The van der Waals surface area contributed by atoms with Crippen LogP contribution in [0.2, 0.25) is 5.02 Å². The van der Waals surface area contributed by atoms with E-state index in [4.69, 9.17) is 17.3 Å². The van der Waals surface area contributed by atoms with Gasteiger partial charge in [0.1, 0.15) is 5.69 Å². The number of carbonyl (C=O) groups excluding carboxylic acids is 1. The lowest BCUT2D eigenvalue weighted by molar-refractivity contribution is -0.0267. The van der Waals surface area contributed by atoms with Gasteiger partial charge < -0.3 is 10.6 Å². The van der Waals surface area contributed by atoms with Crippen LogP contribution < -0.4 is 10.6 Å². The van der Waals surface area contributed by atoms with E-state index >= 15 is 0 Å². The molecule has 0 atom stereocenters. The van der Waals surface area contributed by atoms with E-state index in [-0.39, 0.29) is 22.4 Å². The maximum Gasteiger partial charge on any atom is 0.282 e. The Balaban J connectivity index is 2.02. The molecule has 0 saturated carbocycles. The molecule has 110 valence electrons. The number of alkyl halides is 2. The number of carbonyl (C=O) groups is 1. The zero-order valence-electron chi connectivity index (χ0n) is 10.6. The fraction of sp³-hybridized carbons (Fsp3) is 0.250. The van der Waals surface area contributed by atoms with Crippen molar-refractivity contribution in [3.63, 3.8) is 0 Å². The third-order valence-corrected chi connectivity index (χ3v) is 3.35. The van der Waals surface area contributed by atoms with E-state index in [1.54, 1.807) is 12.1 Å². The average molecular weight is 314 g/mol. The molecule has 1 aliphatic heterocycles. The monoisotopic (exact) mass is 313 g/mol. The van der Waals surface area contributed by atoms with Crippen molar-refractivity contribution in [1.82, 2.24) is 14.8 Å². The van der Waals surface area contributed by atoms with Crippen LogP contribution in [0.15, 0.2) is 24.4 Å². The molecule has 0 spiro atoms. The molecule has 1 amide bonds. The first kappa shape index (κ1) is 13.7. The first-order valence-electron chi connectivity index (χ1n) is 6.01. The summed E-state index contributed by atoms with van der Waals surface area (Å²) in [5.74, 6) is -3.04. The van der Waals surface area contributed by atoms with Crippen molar-refractivity contribution in [2.75, 3.05) is 18.0 Å². The Labute approximate surface area is 123 Å². The van der Waals surface area contributed by atoms with Gasteiger partial charge in [0.25, 0.3) is 11.8 Å². The zero-order chi connectivity index (χ0) is 15.2. The van der Waals surface area contributed by atoms with Crippen LogP contribution in [0.25, 0.3) is 5.82 Å². The molecule has 0 unspecified atom stereocenters. The largest absolute Gasteiger partial charge is 0.364 e. The van der Waals surface area contributed by atoms with E-state index in [1.807, 2.05) is 0 Å². The minimum atomic E-state index is -2.74. The van der Waals surface area contributed by atoms with Crippen molar-refractivity contribution in [3.05, 3.63) is 35.1 Å². The number of halogens is 3. The summed E-state index contributed by atoms with van der Waals surface area (Å²) in [6.07, 6.45) is 1.48. The van der Waals surface area contributed by atoms with Gasteiger partial charge >= 0.3 is 0 Å². The molecule has 2 N–H and O–H groups in total. The predicted molar refractivity (Wildman–Crippen MR) is 72.0 cm³/mol. The summed E-state index contributed by atoms with van der Waals surface area (Å²) < 4.78 is 27.0. The second-order valence-electron chi connectivity index (χ2n) is 4.68. The highest BCUT2D eigenvalue weighted by Gasteiger charge is 2.45. The SMILES string of the molecule is NC(=O)c1cc(N2CC(F)(F)C2)nn1-c1ncccc1Cl. The number of primary amides is 1. The molecular weight excluding hydrogens is 304 g/mol. The second kappa shape index (κ2) is 4.66. The molecule has 6 nitrogen and oxygen atoms in total. The van der Waals surface area contributed by atoms with Gasteiger partial charge in [-0.05, 0) is 12.1 Å². The van der Waals surface area contributed by atoms with Crippen molar-refractivity contribution in [2.24, 2.45) is 5.73 Å². The molecule has 3 heterocycles. The van der Waals surface area contributed by atoms with E-state index in [9.17, 15) is 13.6 Å². The Morgan fingerprint density at radius 2 is 2.14 bits per heavy atom. The Hall–Kier alpha value is -2.22. The Morgan fingerprint density at radius 3 is 2.71 bits per heavy atom. The lowest BCUT2D eigenvalue weighted by atomic mass is 10.1. The number of nitrogens with two attached hydrogens (primary N) is 1. The van der Waals surface area contributed by atoms with E-state index in [0.717, 1.165) is 4.68 Å². The number of anilines is 1. The highest BCUT2D eigenvalue weighted by Crippen LogP contribution is 2.32. The molecule has 21 heavy (non-hydrogen) atoms. The maximum absolute atomic E-state index is 12.9. The van der Waals surface area contributed by atoms with Gasteiger partial charge in [-0.25, -0.2) is 18.4 Å². The standard InChI is InChI=1S/C12H10ClF2N5O/c13-7-2-1-3-17-11(7)20-8(10(16)21)4-9(18-20)19-5-12(14,15)6-19/h1-4H,5-6H2,(H2,16,21). The Bertz CT molecular complexity index is 709. The topological polar surface area (TPSA) is 77.0 Å². The summed E-state index contributed by atoms with van der Waals surface area (Å²) in [6.45, 7) is -0.893. The van der Waals surface area contributed by atoms with Crippen molar-refractivity contribution in [3.8, 4) is 5.82 Å². The van der Waals surface area contributed by atoms with E-state index < -0.39 is 24.9 Å². The summed E-state index contributed by atoms with van der Waals surface area (Å²) in [7, 11) is 0. The predicted octanol–water partition coefficient (Wildman–Crippen LogP) is 1.47. The highest BCUT2D eigenvalue weighted by molar-refractivity contribution is 6.32. The normalized spacial score (nSPS) is 16.6. The molecule has 0 bridgehead atoms. The summed E-state index contributed by atoms with van der Waals surface area (Å²) in [4.78, 5) is 16.9. The number of rotatable bonds is 3. The number of pyridine rings is 1. The van der Waals surface area contributed by atoms with Gasteiger partial charge in [0, 0.05) is 12.3 Å². The molecule has 0 radical (unpaired) electrons. The molecular formula is C12H10ClF2N5O. The van der Waals surface area contributed by atoms with Crippen molar-refractivity contribution >= 4 is 23.3 Å². The Morgan fingerprint density at radius 1 is 1.43 bits per heavy atom. The lowest BCUT2D eigenvalue weighted by Gasteiger charge is -2.38. The maximum atomic E-state index is 12.9. The molecule has 9 heteroatoms. The minimum absolute atomic E-state index is 0.0285. The number of aromatic nitrogens is 3. The van der Waals surface area contributed by atoms with E-state index in [2.05, 4.69) is 10.1 Å². The van der Waals surface area contributed by atoms with Crippen molar-refractivity contribution < 1.29 is 13.6 Å². The molecule has 3 rings (SSSR count). The van der Waals surface area contributed by atoms with Gasteiger partial charge in [-0.3, -0.25) is 4.79 Å². The van der Waals surface area contributed by atoms with Crippen LogP contribution in [0.1, 0.15) is 10.5 Å². The van der Waals surface area contributed by atoms with Gasteiger partial charge in [0.05, 0.1) is 18.1 Å². The van der Waals surface area contributed by atoms with Crippen LogP contribution in [0, 0.1) is 0 Å². The molecule has 1 fully saturated rings. The number of hydrogen-bond donors (Lipinski definition) is 1. The fourth-order valence-electron chi connectivity index (χ4n) is 2.07. The van der Waals surface area contributed by atoms with E-state index in [0.29, 0.717) is 0 Å². The summed E-state index contributed by atoms with van der Waals surface area (Å²) in [5.41, 5.74) is 5.32. The fourth-order valence-corrected chi connectivity index (χ4v) is 2.27. The second-order valence-corrected chi connectivity index (χ2v) is 5.09. The third-order valence-electron chi connectivity index (χ3n) is 3.06. The number of nitrogens with zero attached hydrogens (tertiary/aromatic N) is 4. The van der Waals surface area contributed by atoms with Crippen LogP contribution in [0.4, 0.5) is 14.6 Å². The minimum Gasteiger partial charge on any atom is -0.364 e. The smallest absolute Gasteiger partial charge is 0.282 e. The number of hydrogen-bond acceptors (Lipinski definition) is 4. The molecule has 0 aromatic carbocycles. The summed E-state index contributed by atoms with van der Waals surface area (Å²) in [5, 5.41) is 4.38. The quantitative estimate of drug-likeness (QED) is 0.931. The van der Waals surface area contributed by atoms with Gasteiger partial charge in [-0.15, -0.1) is 5.10 Å². The van der Waals surface area contributed by atoms with Crippen LogP contribution in [0.5, 0.6) is 0 Å². The van der Waals surface area contributed by atoms with Crippen LogP contribution >= 0.6 is 11.6 Å². The molecule has 1 saturated heterocycles. The molecule has 2 aromatic heterocycles. The van der Waals surface area contributed by atoms with E-state index in [1.165, 1.54) is 17.2 Å². The van der Waals surface area contributed by atoms with Crippen molar-refractivity contribution in [2.45, 2.75) is 5.92 Å². The zero-order valence-corrected chi connectivity index (χ0v) is 11.4. The third kappa shape index (κ3) is 2.42. The van der Waals surface area contributed by atoms with Crippen LogP contribution in [-0.2, 0) is 0 Å². The molecule has 0 aliphatic carbocycles. The van der Waals surface area contributed by atoms with Crippen LogP contribution in [0.3, 0.4) is 0 Å². The summed E-state index contributed by atoms with van der Waals surface area (Å²) in [6, 6.07) is 4.55. The number of amides is 1. The van der Waals surface area contributed by atoms with Crippen LogP contribution in [-0.4, -0.2) is 39.7 Å². The van der Waals surface area contributed by atoms with Crippen molar-refractivity contribution in [1.29, 1.82) is 0 Å². The van der Waals surface area contributed by atoms with Gasteiger partial charge in [-0.1, -0.05) is 11.6 Å². The van der Waals surface area contributed by atoms with Gasteiger partial charge in [0.15, 0.2) is 11.6 Å². The lowest BCUT2D eigenvalue weighted by Crippen LogP contribution is -2.56. The van der Waals surface area contributed by atoms with Gasteiger partial charge in [-0.2, -0.15) is 0 Å². The first-order valence-corrected chi connectivity index (χ1v) is 6.39. The molecule has 1 aliphatic rings. The Kier molecular flexibility index (Phi) is 3.05. The summed E-state index contributed by atoms with van der Waals surface area (Å²) >= 11 is 6.01. The van der Waals surface area contributed by atoms with Gasteiger partial charge in [0.2, 0.25) is 0 Å². The molecule has 2 aromatic rings. The average Bonchev–Trinajstić information content (AvgIpc) is 2.81.